The number of hydrogen-bond acceptors (Lipinski definition) is 3. The van der Waals surface area contributed by atoms with E-state index in [2.05, 4.69) is 11.5 Å². The number of amides is 1. The van der Waals surface area contributed by atoms with E-state index in [1.807, 2.05) is 54.7 Å². The lowest BCUT2D eigenvalue weighted by Crippen LogP contribution is -2.88. The molecule has 21 heavy (non-hydrogen) atoms. The highest BCUT2D eigenvalue weighted by atomic mass is 16.2. The van der Waals surface area contributed by atoms with Gasteiger partial charge in [0, 0.05) is 16.8 Å². The third-order valence-corrected chi connectivity index (χ3v) is 3.44. The van der Waals surface area contributed by atoms with E-state index >= 15 is 0 Å². The van der Waals surface area contributed by atoms with Crippen molar-refractivity contribution in [1.82, 2.24) is 5.43 Å². The summed E-state index contributed by atoms with van der Waals surface area (Å²) in [5, 5.41) is 1.93. The molecule has 1 amide bonds. The maximum absolute atomic E-state index is 11.4. The fraction of sp³-hybridized carbons (Fsp3) is 0.188. The summed E-state index contributed by atoms with van der Waals surface area (Å²) in [5.41, 5.74) is 12.2. The molecule has 2 rings (SSSR count). The molecule has 0 bridgehead atoms. The van der Waals surface area contributed by atoms with E-state index < -0.39 is 0 Å². The third kappa shape index (κ3) is 3.81. The Hall–Kier alpha value is -2.37. The van der Waals surface area contributed by atoms with Crippen LogP contribution in [0.2, 0.25) is 0 Å². The Bertz CT molecular complexity index is 613. The number of carbonyl (C=O) groups excluding carboxylic acids is 1. The molecule has 110 valence electrons. The lowest BCUT2D eigenvalue weighted by atomic mass is 9.96. The average molecular weight is 285 g/mol. The number of hydrogen-bond donors (Lipinski definition) is 4. The fourth-order valence-electron chi connectivity index (χ4n) is 2.35. The van der Waals surface area contributed by atoms with Gasteiger partial charge in [0.05, 0.1) is 0 Å². The van der Waals surface area contributed by atoms with Crippen LogP contribution in [0.1, 0.15) is 22.7 Å². The number of nitrogens with two attached hydrogens (primary N) is 3. The number of aryl methyl sites for hydroxylation is 1. The first-order valence-electron chi connectivity index (χ1n) is 6.85. The van der Waals surface area contributed by atoms with Crippen molar-refractivity contribution >= 4 is 11.6 Å². The molecule has 0 aliphatic rings. The van der Waals surface area contributed by atoms with Gasteiger partial charge in [-0.3, -0.25) is 10.2 Å². The van der Waals surface area contributed by atoms with Crippen molar-refractivity contribution in [2.45, 2.75) is 13.0 Å². The Morgan fingerprint density at radius 3 is 2.62 bits per heavy atom. The zero-order chi connectivity index (χ0) is 15.2. The van der Waals surface area contributed by atoms with Crippen LogP contribution in [0.3, 0.4) is 0 Å². The SMILES string of the molecule is Cc1ccc(N)c([C@@H]([NH2+]CC(=O)NN)c2ccccc2)c1. The normalized spacial score (nSPS) is 11.9. The van der Waals surface area contributed by atoms with Crippen molar-refractivity contribution in [3.8, 4) is 0 Å². The fourth-order valence-corrected chi connectivity index (χ4v) is 2.35. The second-order valence-corrected chi connectivity index (χ2v) is 5.03. The molecular formula is C16H21N4O+. The number of nitrogen functional groups attached to an aromatic ring is 1. The van der Waals surface area contributed by atoms with Crippen molar-refractivity contribution in [1.29, 1.82) is 0 Å². The number of carbonyl (C=O) groups is 1. The van der Waals surface area contributed by atoms with Crippen LogP contribution >= 0.6 is 0 Å². The summed E-state index contributed by atoms with van der Waals surface area (Å²) in [6, 6.07) is 15.9. The van der Waals surface area contributed by atoms with Crippen LogP contribution in [0, 0.1) is 6.92 Å². The Labute approximate surface area is 124 Å². The minimum atomic E-state index is -0.220. The van der Waals surface area contributed by atoms with Crippen LogP contribution in [0.4, 0.5) is 5.69 Å². The van der Waals surface area contributed by atoms with Gasteiger partial charge in [0.1, 0.15) is 6.04 Å². The zero-order valence-electron chi connectivity index (χ0n) is 12.0. The van der Waals surface area contributed by atoms with Crippen LogP contribution in [0.15, 0.2) is 48.5 Å². The number of nitrogens with one attached hydrogen (secondary N) is 1. The molecule has 0 aromatic heterocycles. The molecule has 5 nitrogen and oxygen atoms in total. The first kappa shape index (κ1) is 15.0. The lowest BCUT2D eigenvalue weighted by Gasteiger charge is -2.18. The minimum absolute atomic E-state index is 0.0385. The molecule has 0 spiro atoms. The minimum Gasteiger partial charge on any atom is -0.398 e. The monoisotopic (exact) mass is 285 g/mol. The van der Waals surface area contributed by atoms with E-state index in [4.69, 9.17) is 11.6 Å². The summed E-state index contributed by atoms with van der Waals surface area (Å²) in [4.78, 5) is 11.4. The Morgan fingerprint density at radius 1 is 1.24 bits per heavy atom. The predicted octanol–water partition coefficient (Wildman–Crippen LogP) is 0.220. The predicted molar refractivity (Wildman–Crippen MR) is 83.0 cm³/mol. The first-order valence-corrected chi connectivity index (χ1v) is 6.85. The molecule has 1 atom stereocenters. The van der Waals surface area contributed by atoms with Crippen molar-refractivity contribution in [3.05, 3.63) is 65.2 Å². The number of hydrazine groups is 1. The number of quaternary nitrogens is 1. The van der Waals surface area contributed by atoms with E-state index in [0.717, 1.165) is 22.4 Å². The van der Waals surface area contributed by atoms with E-state index in [1.165, 1.54) is 0 Å². The van der Waals surface area contributed by atoms with Crippen molar-refractivity contribution < 1.29 is 10.1 Å². The van der Waals surface area contributed by atoms with Crippen LogP contribution in [0.25, 0.3) is 0 Å². The molecule has 2 aromatic rings. The summed E-state index contributed by atoms with van der Waals surface area (Å²) in [5.74, 6) is 4.93. The second-order valence-electron chi connectivity index (χ2n) is 5.03. The molecule has 0 heterocycles. The van der Waals surface area contributed by atoms with E-state index in [0.29, 0.717) is 0 Å². The largest absolute Gasteiger partial charge is 0.398 e. The third-order valence-electron chi connectivity index (χ3n) is 3.44. The Morgan fingerprint density at radius 2 is 1.95 bits per heavy atom. The number of anilines is 1. The zero-order valence-corrected chi connectivity index (χ0v) is 12.0. The Kier molecular flexibility index (Phi) is 4.92. The second kappa shape index (κ2) is 6.88. The highest BCUT2D eigenvalue weighted by molar-refractivity contribution is 5.76. The van der Waals surface area contributed by atoms with Gasteiger partial charge in [0.25, 0.3) is 5.91 Å². The lowest BCUT2D eigenvalue weighted by molar-refractivity contribution is -0.676. The van der Waals surface area contributed by atoms with Gasteiger partial charge in [-0.2, -0.15) is 0 Å². The highest BCUT2D eigenvalue weighted by Gasteiger charge is 2.21. The van der Waals surface area contributed by atoms with Gasteiger partial charge in [0.15, 0.2) is 6.54 Å². The first-order chi connectivity index (χ1) is 10.1. The number of rotatable bonds is 5. The van der Waals surface area contributed by atoms with Crippen LogP contribution in [0.5, 0.6) is 0 Å². The van der Waals surface area contributed by atoms with Crippen molar-refractivity contribution in [2.75, 3.05) is 12.3 Å². The topological polar surface area (TPSA) is 97.7 Å². The van der Waals surface area contributed by atoms with Gasteiger partial charge in [-0.05, 0) is 19.1 Å². The summed E-state index contributed by atoms with van der Waals surface area (Å²) in [6.45, 7) is 2.26. The summed E-state index contributed by atoms with van der Waals surface area (Å²) in [6.07, 6.45) is 0. The maximum Gasteiger partial charge on any atom is 0.288 e. The van der Waals surface area contributed by atoms with Gasteiger partial charge in [-0.25, -0.2) is 5.84 Å². The standard InChI is InChI=1S/C16H20N4O/c1-11-7-8-14(17)13(9-11)16(19-10-15(21)20-18)12-5-3-2-4-6-12/h2-9,16,19H,10,17-18H2,1H3,(H,20,21)/p+1/t16-/m0/s1. The molecule has 0 aliphatic carbocycles. The smallest absolute Gasteiger partial charge is 0.288 e. The van der Waals surface area contributed by atoms with Crippen molar-refractivity contribution in [2.24, 2.45) is 5.84 Å². The van der Waals surface area contributed by atoms with Gasteiger partial charge < -0.3 is 11.1 Å². The van der Waals surface area contributed by atoms with Crippen molar-refractivity contribution in [3.63, 3.8) is 0 Å². The average Bonchev–Trinajstić information content (AvgIpc) is 2.51. The van der Waals surface area contributed by atoms with Gasteiger partial charge >= 0.3 is 0 Å². The molecule has 0 saturated heterocycles. The quantitative estimate of drug-likeness (QED) is 0.274. The highest BCUT2D eigenvalue weighted by Crippen LogP contribution is 2.24. The summed E-state index contributed by atoms with van der Waals surface area (Å²) < 4.78 is 0. The molecule has 0 radical (unpaired) electrons. The van der Waals surface area contributed by atoms with Crippen LogP contribution < -0.4 is 22.3 Å². The maximum atomic E-state index is 11.4. The molecule has 2 aromatic carbocycles. The number of benzene rings is 2. The molecule has 5 heteroatoms. The summed E-state index contributed by atoms with van der Waals surface area (Å²) >= 11 is 0. The summed E-state index contributed by atoms with van der Waals surface area (Å²) in [7, 11) is 0. The van der Waals surface area contributed by atoms with E-state index in [1.54, 1.807) is 0 Å². The molecular weight excluding hydrogens is 264 g/mol. The molecule has 0 saturated carbocycles. The Balaban J connectivity index is 2.35. The molecule has 0 unspecified atom stereocenters. The van der Waals surface area contributed by atoms with Crippen LogP contribution in [-0.2, 0) is 4.79 Å². The van der Waals surface area contributed by atoms with Gasteiger partial charge in [-0.1, -0.05) is 42.0 Å². The van der Waals surface area contributed by atoms with Gasteiger partial charge in [0.2, 0.25) is 0 Å². The van der Waals surface area contributed by atoms with Crippen LogP contribution in [-0.4, -0.2) is 12.5 Å². The van der Waals surface area contributed by atoms with E-state index in [-0.39, 0.29) is 18.5 Å². The van der Waals surface area contributed by atoms with E-state index in [9.17, 15) is 4.79 Å². The van der Waals surface area contributed by atoms with Gasteiger partial charge in [-0.15, -0.1) is 0 Å². The molecule has 0 aliphatic heterocycles. The molecule has 7 N–H and O–H groups in total. The molecule has 0 fully saturated rings.